The quantitative estimate of drug-likeness (QED) is 0.0684. The number of amides is 2. The third-order valence-corrected chi connectivity index (χ3v) is 8.52. The smallest absolute Gasteiger partial charge is 0.314 e. The highest BCUT2D eigenvalue weighted by Crippen LogP contribution is 2.34. The summed E-state index contributed by atoms with van der Waals surface area (Å²) in [5.74, 6) is 6.43. The Bertz CT molecular complexity index is 1880. The minimum Gasteiger partial charge on any atom is -0.387 e. The normalized spacial score (nSPS) is 26.5. The number of carbonyl (C=O) groups excluding carboxylic acids is 1. The van der Waals surface area contributed by atoms with Crippen LogP contribution >= 0.6 is 0 Å². The molecule has 4 aromatic rings. The van der Waals surface area contributed by atoms with Crippen molar-refractivity contribution in [3.8, 4) is 11.8 Å². The zero-order valence-corrected chi connectivity index (χ0v) is 27.1. The van der Waals surface area contributed by atoms with Crippen LogP contribution in [0.2, 0.25) is 0 Å². The predicted octanol–water partition coefficient (Wildman–Crippen LogP) is -3.61. The van der Waals surface area contributed by atoms with E-state index in [1.807, 2.05) is 4.90 Å². The molecule has 8 atom stereocenters. The van der Waals surface area contributed by atoms with E-state index in [9.17, 15) is 25.2 Å². The van der Waals surface area contributed by atoms with E-state index >= 15 is 0 Å². The van der Waals surface area contributed by atoms with E-state index in [4.69, 9.17) is 26.7 Å². The standard InChI is InChI=1S/C29H40N14O7/c1-2-33-29(48)34-9-14-19(44)22(47)28(49-14)43-16(40-18-24(32)36-12-38-26(18)43)5-3-7-41(8-4-6-30)10-15-20(45)21(46)27(50-15)42-13-39-17-23(31)35-11-37-25(17)42/h11-15,19-22,27-28,44-47H,2,4,6-10,30H2,1H3,(H2,31,35,37)(H2,32,36,38)(H2,33,34,48)/t14-,15-,19-,20-,21-,22-,27-,28-/m1/s1. The molecular weight excluding hydrogens is 656 g/mol. The Morgan fingerprint density at radius 3 is 2.34 bits per heavy atom. The molecule has 0 bridgehead atoms. The first kappa shape index (κ1) is 35.1. The van der Waals surface area contributed by atoms with Crippen LogP contribution in [0.4, 0.5) is 16.4 Å². The van der Waals surface area contributed by atoms with Gasteiger partial charge in [0.25, 0.3) is 0 Å². The van der Waals surface area contributed by atoms with Crippen molar-refractivity contribution in [2.24, 2.45) is 5.73 Å². The maximum absolute atomic E-state index is 11.9. The highest BCUT2D eigenvalue weighted by atomic mass is 16.6. The molecule has 6 rings (SSSR count). The SMILES string of the molecule is CCNC(=O)NC[C@H]1O[C@@H](n2c(C#CCN(CCCN)C[C@H]3O[C@@H](n4cnc5c(N)ncnc54)[C@H](O)[C@@H]3O)nc3c(N)ncnc32)[C@H](O)[C@@H]1O. The van der Waals surface area contributed by atoms with Gasteiger partial charge < -0.3 is 57.7 Å². The van der Waals surface area contributed by atoms with Crippen molar-refractivity contribution in [1.29, 1.82) is 0 Å². The third kappa shape index (κ3) is 6.82. The van der Waals surface area contributed by atoms with Gasteiger partial charge in [0.2, 0.25) is 0 Å². The van der Waals surface area contributed by atoms with Gasteiger partial charge in [0, 0.05) is 26.2 Å². The first-order valence-corrected chi connectivity index (χ1v) is 16.0. The van der Waals surface area contributed by atoms with Crippen molar-refractivity contribution in [3.05, 3.63) is 24.8 Å². The highest BCUT2D eigenvalue weighted by Gasteiger charge is 2.46. The first-order valence-electron chi connectivity index (χ1n) is 16.0. The molecule has 0 unspecified atom stereocenters. The van der Waals surface area contributed by atoms with Crippen LogP contribution in [0.1, 0.15) is 31.6 Å². The number of fused-ring (bicyclic) bond motifs is 2. The van der Waals surface area contributed by atoms with Gasteiger partial charge in [-0.3, -0.25) is 14.0 Å². The molecule has 2 amide bonds. The third-order valence-electron chi connectivity index (χ3n) is 8.52. The number of ether oxygens (including phenoxy) is 2. The van der Waals surface area contributed by atoms with Crippen LogP contribution in [-0.2, 0) is 9.47 Å². The number of rotatable bonds is 11. The number of nitrogens with two attached hydrogens (primary N) is 3. The van der Waals surface area contributed by atoms with E-state index in [2.05, 4.69) is 52.4 Å². The molecule has 0 saturated carbocycles. The second-order valence-electron chi connectivity index (χ2n) is 11.8. The number of urea groups is 1. The lowest BCUT2D eigenvalue weighted by Gasteiger charge is -2.24. The van der Waals surface area contributed by atoms with E-state index in [0.717, 1.165) is 0 Å². The summed E-state index contributed by atoms with van der Waals surface area (Å²) in [6.45, 7) is 3.32. The fourth-order valence-electron chi connectivity index (χ4n) is 5.98. The number of aliphatic hydroxyl groups is 4. The highest BCUT2D eigenvalue weighted by molar-refractivity contribution is 5.83. The van der Waals surface area contributed by atoms with Gasteiger partial charge >= 0.3 is 6.03 Å². The molecule has 6 heterocycles. The second-order valence-corrected chi connectivity index (χ2v) is 11.8. The molecule has 0 radical (unpaired) electrons. The van der Waals surface area contributed by atoms with E-state index in [-0.39, 0.29) is 48.3 Å². The Kier molecular flexibility index (Phi) is 10.5. The molecule has 4 aromatic heterocycles. The fraction of sp³-hybridized carbons (Fsp3) is 0.552. The van der Waals surface area contributed by atoms with Gasteiger partial charge in [0.1, 0.15) is 54.8 Å². The molecule has 50 heavy (non-hydrogen) atoms. The topological polar surface area (TPSA) is 309 Å². The van der Waals surface area contributed by atoms with Gasteiger partial charge in [-0.2, -0.15) is 0 Å². The van der Waals surface area contributed by atoms with E-state index in [1.165, 1.54) is 28.1 Å². The van der Waals surface area contributed by atoms with Crippen LogP contribution in [0.25, 0.3) is 22.3 Å². The summed E-state index contributed by atoms with van der Waals surface area (Å²) >= 11 is 0. The van der Waals surface area contributed by atoms with Crippen LogP contribution < -0.4 is 27.8 Å². The number of nitrogens with zero attached hydrogens (tertiary/aromatic N) is 9. The Balaban J connectivity index is 1.22. The fourth-order valence-corrected chi connectivity index (χ4v) is 5.98. The molecule has 268 valence electrons. The van der Waals surface area contributed by atoms with Gasteiger partial charge in [0.05, 0.1) is 12.9 Å². The summed E-state index contributed by atoms with van der Waals surface area (Å²) in [6, 6.07) is -0.448. The minimum atomic E-state index is -1.43. The second kappa shape index (κ2) is 15.0. The summed E-state index contributed by atoms with van der Waals surface area (Å²) in [4.78, 5) is 39.0. The van der Waals surface area contributed by atoms with Crippen molar-refractivity contribution < 1.29 is 34.7 Å². The van der Waals surface area contributed by atoms with Crippen LogP contribution in [0, 0.1) is 11.8 Å². The number of carbonyl (C=O) groups is 1. The van der Waals surface area contributed by atoms with Crippen molar-refractivity contribution in [1.82, 2.24) is 54.6 Å². The number of hydrogen-bond acceptors (Lipinski definition) is 17. The molecule has 2 saturated heterocycles. The molecule has 2 fully saturated rings. The molecule has 0 aromatic carbocycles. The maximum atomic E-state index is 11.9. The molecule has 2 aliphatic rings. The Morgan fingerprint density at radius 1 is 0.920 bits per heavy atom. The number of imidazole rings is 2. The van der Waals surface area contributed by atoms with E-state index < -0.39 is 55.1 Å². The predicted molar refractivity (Wildman–Crippen MR) is 175 cm³/mol. The van der Waals surface area contributed by atoms with Crippen LogP contribution in [0.5, 0.6) is 0 Å². The Morgan fingerprint density at radius 2 is 1.60 bits per heavy atom. The van der Waals surface area contributed by atoms with Gasteiger partial charge in [0.15, 0.2) is 46.7 Å². The monoisotopic (exact) mass is 696 g/mol. The number of hydrogen-bond donors (Lipinski definition) is 9. The zero-order chi connectivity index (χ0) is 35.5. The number of nitrogens with one attached hydrogen (secondary N) is 2. The van der Waals surface area contributed by atoms with Gasteiger partial charge in [-0.15, -0.1) is 0 Å². The lowest BCUT2D eigenvalue weighted by atomic mass is 10.1. The molecule has 0 aliphatic carbocycles. The maximum Gasteiger partial charge on any atom is 0.314 e. The molecule has 2 aliphatic heterocycles. The molecule has 0 spiro atoms. The van der Waals surface area contributed by atoms with Crippen molar-refractivity contribution in [3.63, 3.8) is 0 Å². The van der Waals surface area contributed by atoms with E-state index in [1.54, 1.807) is 6.92 Å². The van der Waals surface area contributed by atoms with Crippen LogP contribution in [0.3, 0.4) is 0 Å². The number of nitrogen functional groups attached to an aromatic ring is 2. The average Bonchev–Trinajstić information content (AvgIpc) is 3.84. The lowest BCUT2D eigenvalue weighted by Crippen LogP contribution is -2.43. The van der Waals surface area contributed by atoms with Crippen LogP contribution in [0.15, 0.2) is 19.0 Å². The summed E-state index contributed by atoms with van der Waals surface area (Å²) in [7, 11) is 0. The zero-order valence-electron chi connectivity index (χ0n) is 27.1. The lowest BCUT2D eigenvalue weighted by molar-refractivity contribution is -0.0431. The summed E-state index contributed by atoms with van der Waals surface area (Å²) in [5, 5.41) is 48.9. The summed E-state index contributed by atoms with van der Waals surface area (Å²) < 4.78 is 15.1. The van der Waals surface area contributed by atoms with Gasteiger partial charge in [-0.05, 0) is 25.8 Å². The van der Waals surface area contributed by atoms with Gasteiger partial charge in [-0.1, -0.05) is 5.92 Å². The molecular formula is C29H40N14O7. The molecule has 21 nitrogen and oxygen atoms in total. The number of aliphatic hydroxyl groups excluding tert-OH is 4. The van der Waals surface area contributed by atoms with Crippen molar-refractivity contribution in [2.45, 2.75) is 62.4 Å². The number of anilines is 2. The minimum absolute atomic E-state index is 0.0733. The summed E-state index contributed by atoms with van der Waals surface area (Å²) in [5.41, 5.74) is 18.9. The van der Waals surface area contributed by atoms with Crippen LogP contribution in [-0.4, -0.2) is 146 Å². The first-order chi connectivity index (χ1) is 24.1. The van der Waals surface area contributed by atoms with Crippen molar-refractivity contribution >= 4 is 40.0 Å². The van der Waals surface area contributed by atoms with E-state index in [0.29, 0.717) is 37.2 Å². The molecule has 12 N–H and O–H groups in total. The van der Waals surface area contributed by atoms with Gasteiger partial charge in [-0.25, -0.2) is 34.7 Å². The Hall–Kier alpha value is -4.79. The Labute approximate surface area is 284 Å². The molecule has 21 heteroatoms. The average molecular weight is 697 g/mol. The van der Waals surface area contributed by atoms with Crippen molar-refractivity contribution in [2.75, 3.05) is 50.7 Å². The largest absolute Gasteiger partial charge is 0.387 e. The summed E-state index contributed by atoms with van der Waals surface area (Å²) in [6.07, 6.45) is -4.73. The number of aromatic nitrogens is 8.